The lowest BCUT2D eigenvalue weighted by Gasteiger charge is -2.29. The van der Waals surface area contributed by atoms with Crippen molar-refractivity contribution in [2.24, 2.45) is 23.7 Å². The monoisotopic (exact) mass is 284 g/mol. The van der Waals surface area contributed by atoms with Crippen LogP contribution >= 0.6 is 0 Å². The number of carbonyl (C=O) groups excluding carboxylic acids is 2. The molecular formula is C17H20N2O2. The van der Waals surface area contributed by atoms with Gasteiger partial charge in [0.1, 0.15) is 5.78 Å². The maximum absolute atomic E-state index is 13.0. The van der Waals surface area contributed by atoms with Crippen molar-refractivity contribution in [2.45, 2.75) is 32.1 Å². The van der Waals surface area contributed by atoms with Gasteiger partial charge in [-0.15, -0.1) is 0 Å². The zero-order chi connectivity index (χ0) is 14.4. The van der Waals surface area contributed by atoms with E-state index < -0.39 is 0 Å². The van der Waals surface area contributed by atoms with Crippen LogP contribution in [0.25, 0.3) is 0 Å². The van der Waals surface area contributed by atoms with Crippen molar-refractivity contribution >= 4 is 17.4 Å². The summed E-state index contributed by atoms with van der Waals surface area (Å²) in [7, 11) is 0. The number of hydrogen-bond acceptors (Lipinski definition) is 3. The summed E-state index contributed by atoms with van der Waals surface area (Å²) in [4.78, 5) is 31.0. The first-order valence-corrected chi connectivity index (χ1v) is 7.96. The summed E-state index contributed by atoms with van der Waals surface area (Å²) < 4.78 is 0. The van der Waals surface area contributed by atoms with E-state index in [2.05, 4.69) is 4.98 Å². The van der Waals surface area contributed by atoms with E-state index in [0.29, 0.717) is 24.0 Å². The lowest BCUT2D eigenvalue weighted by molar-refractivity contribution is -0.131. The molecule has 1 unspecified atom stereocenters. The fraction of sp³-hybridized carbons (Fsp3) is 0.588. The smallest absolute Gasteiger partial charge is 0.230 e. The third-order valence-electron chi connectivity index (χ3n) is 5.24. The number of rotatable bonds is 4. The standard InChI is InChI=1S/C17H20N2O2/c20-16-8-12-6-14(16)15(7-12)17(21)19(10-11-3-4-11)13-2-1-5-18-9-13/h1-2,5,9,11-12,14-15H,3-4,6-8,10H2/t12-,14+,15?/m0/s1. The van der Waals surface area contributed by atoms with E-state index in [9.17, 15) is 9.59 Å². The molecular weight excluding hydrogens is 264 g/mol. The van der Waals surface area contributed by atoms with Crippen LogP contribution in [0.4, 0.5) is 5.69 Å². The van der Waals surface area contributed by atoms with Crippen LogP contribution in [0.15, 0.2) is 24.5 Å². The summed E-state index contributed by atoms with van der Waals surface area (Å²) in [5, 5.41) is 0. The van der Waals surface area contributed by atoms with Crippen LogP contribution in [0.2, 0.25) is 0 Å². The van der Waals surface area contributed by atoms with Gasteiger partial charge in [-0.1, -0.05) is 0 Å². The summed E-state index contributed by atoms with van der Waals surface area (Å²) >= 11 is 0. The molecule has 0 aliphatic heterocycles. The number of hydrogen-bond donors (Lipinski definition) is 0. The molecule has 3 saturated carbocycles. The Hall–Kier alpha value is -1.71. The summed E-state index contributed by atoms with van der Waals surface area (Å²) in [6.07, 6.45) is 8.43. The van der Waals surface area contributed by atoms with Gasteiger partial charge in [0.15, 0.2) is 0 Å². The average Bonchev–Trinajstić information content (AvgIpc) is 3.13. The van der Waals surface area contributed by atoms with Gasteiger partial charge in [0.05, 0.1) is 11.9 Å². The minimum Gasteiger partial charge on any atom is -0.310 e. The van der Waals surface area contributed by atoms with E-state index in [1.165, 1.54) is 12.8 Å². The van der Waals surface area contributed by atoms with Gasteiger partial charge in [0, 0.05) is 31.0 Å². The van der Waals surface area contributed by atoms with Crippen LogP contribution < -0.4 is 4.90 Å². The number of carbonyl (C=O) groups is 2. The largest absolute Gasteiger partial charge is 0.310 e. The van der Waals surface area contributed by atoms with Crippen LogP contribution in [-0.4, -0.2) is 23.2 Å². The Labute approximate surface area is 124 Å². The predicted molar refractivity (Wildman–Crippen MR) is 78.6 cm³/mol. The second-order valence-electron chi connectivity index (χ2n) is 6.82. The van der Waals surface area contributed by atoms with E-state index in [0.717, 1.165) is 25.1 Å². The second kappa shape index (κ2) is 4.93. The third kappa shape index (κ3) is 2.37. The summed E-state index contributed by atoms with van der Waals surface area (Å²) in [6, 6.07) is 3.82. The molecule has 1 aromatic heterocycles. The molecule has 21 heavy (non-hydrogen) atoms. The number of Topliss-reactive ketones (excluding diaryl/α,β-unsaturated/α-hetero) is 1. The van der Waals surface area contributed by atoms with E-state index in [4.69, 9.17) is 0 Å². The Morgan fingerprint density at radius 2 is 2.19 bits per heavy atom. The highest BCUT2D eigenvalue weighted by molar-refractivity contribution is 5.99. The number of amides is 1. The number of ketones is 1. The molecule has 3 atom stereocenters. The van der Waals surface area contributed by atoms with Gasteiger partial charge < -0.3 is 4.90 Å². The minimum absolute atomic E-state index is 0.0131. The van der Waals surface area contributed by atoms with Crippen molar-refractivity contribution in [1.82, 2.24) is 4.98 Å². The number of anilines is 1. The topological polar surface area (TPSA) is 50.3 Å². The third-order valence-corrected chi connectivity index (χ3v) is 5.24. The van der Waals surface area contributed by atoms with E-state index in [1.807, 2.05) is 17.0 Å². The van der Waals surface area contributed by atoms with Gasteiger partial charge in [-0.3, -0.25) is 14.6 Å². The van der Waals surface area contributed by atoms with E-state index in [1.54, 1.807) is 12.4 Å². The van der Waals surface area contributed by atoms with E-state index >= 15 is 0 Å². The molecule has 2 bridgehead atoms. The number of aromatic nitrogens is 1. The molecule has 4 nitrogen and oxygen atoms in total. The van der Waals surface area contributed by atoms with Crippen molar-refractivity contribution in [1.29, 1.82) is 0 Å². The zero-order valence-electron chi connectivity index (χ0n) is 12.1. The molecule has 1 amide bonds. The molecule has 4 rings (SSSR count). The van der Waals surface area contributed by atoms with Crippen molar-refractivity contribution in [2.75, 3.05) is 11.4 Å². The number of pyridine rings is 1. The number of nitrogens with zero attached hydrogens (tertiary/aromatic N) is 2. The molecule has 1 heterocycles. The lowest BCUT2D eigenvalue weighted by atomic mass is 9.86. The Morgan fingerprint density at radius 3 is 2.81 bits per heavy atom. The van der Waals surface area contributed by atoms with Gasteiger partial charge in [-0.2, -0.15) is 0 Å². The quantitative estimate of drug-likeness (QED) is 0.853. The summed E-state index contributed by atoms with van der Waals surface area (Å²) in [6.45, 7) is 0.784. The summed E-state index contributed by atoms with van der Waals surface area (Å²) in [5.41, 5.74) is 0.879. The van der Waals surface area contributed by atoms with Gasteiger partial charge in [-0.05, 0) is 49.7 Å². The Balaban J connectivity index is 1.58. The molecule has 0 spiro atoms. The van der Waals surface area contributed by atoms with Crippen LogP contribution in [0.5, 0.6) is 0 Å². The van der Waals surface area contributed by atoms with Gasteiger partial charge >= 0.3 is 0 Å². The van der Waals surface area contributed by atoms with Gasteiger partial charge in [0.2, 0.25) is 5.91 Å². The van der Waals surface area contributed by atoms with Gasteiger partial charge in [-0.25, -0.2) is 0 Å². The van der Waals surface area contributed by atoms with Gasteiger partial charge in [0.25, 0.3) is 0 Å². The Bertz CT molecular complexity index is 567. The first kappa shape index (κ1) is 13.0. The highest BCUT2D eigenvalue weighted by atomic mass is 16.2. The molecule has 0 aromatic carbocycles. The lowest BCUT2D eigenvalue weighted by Crippen LogP contribution is -2.41. The molecule has 0 radical (unpaired) electrons. The average molecular weight is 284 g/mol. The van der Waals surface area contributed by atoms with Crippen molar-refractivity contribution < 1.29 is 9.59 Å². The molecule has 110 valence electrons. The fourth-order valence-electron chi connectivity index (χ4n) is 3.97. The second-order valence-corrected chi connectivity index (χ2v) is 6.82. The van der Waals surface area contributed by atoms with Crippen LogP contribution in [0.3, 0.4) is 0 Å². The highest BCUT2D eigenvalue weighted by Gasteiger charge is 2.49. The minimum atomic E-state index is -0.0878. The maximum Gasteiger partial charge on any atom is 0.230 e. The Kier molecular flexibility index (Phi) is 3.05. The molecule has 3 fully saturated rings. The highest BCUT2D eigenvalue weighted by Crippen LogP contribution is 2.47. The van der Waals surface area contributed by atoms with Crippen molar-refractivity contribution in [3.63, 3.8) is 0 Å². The first-order valence-electron chi connectivity index (χ1n) is 7.96. The molecule has 0 saturated heterocycles. The van der Waals surface area contributed by atoms with Crippen molar-refractivity contribution in [3.8, 4) is 0 Å². The SMILES string of the molecule is O=C1C[C@@H]2CC(C(=O)N(CC3CC3)c3cccnc3)[C@H]1C2. The molecule has 3 aliphatic rings. The Morgan fingerprint density at radius 1 is 1.33 bits per heavy atom. The van der Waals surface area contributed by atoms with Crippen molar-refractivity contribution in [3.05, 3.63) is 24.5 Å². The van der Waals surface area contributed by atoms with Crippen LogP contribution in [0.1, 0.15) is 32.1 Å². The molecule has 3 aliphatic carbocycles. The van der Waals surface area contributed by atoms with Crippen LogP contribution in [-0.2, 0) is 9.59 Å². The maximum atomic E-state index is 13.0. The normalized spacial score (nSPS) is 30.7. The fourth-order valence-corrected chi connectivity index (χ4v) is 3.97. The zero-order valence-corrected chi connectivity index (χ0v) is 12.1. The molecule has 4 heteroatoms. The number of fused-ring (bicyclic) bond motifs is 2. The molecule has 0 N–H and O–H groups in total. The van der Waals surface area contributed by atoms with E-state index in [-0.39, 0.29) is 17.7 Å². The predicted octanol–water partition coefficient (Wildman–Crippen LogP) is 2.44. The molecule has 1 aromatic rings. The summed E-state index contributed by atoms with van der Waals surface area (Å²) in [5.74, 6) is 1.44. The van der Waals surface area contributed by atoms with Crippen LogP contribution in [0, 0.1) is 23.7 Å². The first-order chi connectivity index (χ1) is 10.2.